The lowest BCUT2D eigenvalue weighted by atomic mass is 10.1. The summed E-state index contributed by atoms with van der Waals surface area (Å²) in [4.78, 5) is 25.3. The molecular formula is C16H17N5OS. The zero-order valence-corrected chi connectivity index (χ0v) is 13.7. The van der Waals surface area contributed by atoms with Gasteiger partial charge in [0, 0.05) is 44.6 Å². The molecule has 2 aromatic rings. The maximum absolute atomic E-state index is 12.4. The molecule has 0 aliphatic carbocycles. The van der Waals surface area contributed by atoms with Crippen LogP contribution in [0.2, 0.25) is 0 Å². The number of nitriles is 1. The molecule has 1 saturated heterocycles. The Kier molecular flexibility index (Phi) is 4.65. The van der Waals surface area contributed by atoms with E-state index in [0.29, 0.717) is 23.0 Å². The molecule has 0 radical (unpaired) electrons. The van der Waals surface area contributed by atoms with Gasteiger partial charge in [0.2, 0.25) is 0 Å². The highest BCUT2D eigenvalue weighted by Gasteiger charge is 2.26. The average Bonchev–Trinajstić information content (AvgIpc) is 3.10. The molecule has 1 atom stereocenters. The van der Waals surface area contributed by atoms with Crippen molar-refractivity contribution in [3.8, 4) is 6.07 Å². The third-order valence-corrected chi connectivity index (χ3v) is 5.02. The fourth-order valence-corrected chi connectivity index (χ4v) is 3.41. The number of hydrogen-bond donors (Lipinski definition) is 0. The predicted octanol–water partition coefficient (Wildman–Crippen LogP) is 1.93. The molecule has 3 rings (SSSR count). The highest BCUT2D eigenvalue weighted by atomic mass is 32.1. The van der Waals surface area contributed by atoms with Crippen molar-refractivity contribution in [3.05, 3.63) is 46.2 Å². The van der Waals surface area contributed by atoms with Crippen LogP contribution < -0.4 is 0 Å². The summed E-state index contributed by atoms with van der Waals surface area (Å²) in [5, 5.41) is 9.14. The highest BCUT2D eigenvalue weighted by molar-refractivity contribution is 7.14. The molecule has 1 amide bonds. The quantitative estimate of drug-likeness (QED) is 0.861. The van der Waals surface area contributed by atoms with Crippen molar-refractivity contribution in [1.82, 2.24) is 19.8 Å². The number of amides is 1. The first-order valence-corrected chi connectivity index (χ1v) is 8.30. The molecule has 1 unspecified atom stereocenters. The number of hydrogen-bond acceptors (Lipinski definition) is 6. The van der Waals surface area contributed by atoms with E-state index < -0.39 is 0 Å². The molecule has 1 aliphatic heterocycles. The third-order valence-electron chi connectivity index (χ3n) is 4.13. The maximum atomic E-state index is 12.4. The molecule has 118 valence electrons. The summed E-state index contributed by atoms with van der Waals surface area (Å²) in [6, 6.07) is 6.28. The number of nitrogens with zero attached hydrogens (tertiary/aromatic N) is 5. The smallest absolute Gasteiger partial charge is 0.265 e. The fraction of sp³-hybridized carbons (Fsp3) is 0.375. The van der Waals surface area contributed by atoms with Crippen LogP contribution in [0.1, 0.15) is 33.2 Å². The summed E-state index contributed by atoms with van der Waals surface area (Å²) < 4.78 is 0. The molecule has 2 aromatic heterocycles. The molecule has 1 aliphatic rings. The SMILES string of the molecule is CC(c1cccnc1)N1CCN(C(=O)c2cnc(C#N)s2)CC1. The van der Waals surface area contributed by atoms with E-state index in [0.717, 1.165) is 24.4 Å². The average molecular weight is 327 g/mol. The number of pyridine rings is 1. The van der Waals surface area contributed by atoms with Crippen molar-refractivity contribution in [1.29, 1.82) is 5.26 Å². The molecule has 0 spiro atoms. The van der Waals surface area contributed by atoms with Gasteiger partial charge >= 0.3 is 0 Å². The summed E-state index contributed by atoms with van der Waals surface area (Å²) >= 11 is 1.15. The zero-order chi connectivity index (χ0) is 16.2. The van der Waals surface area contributed by atoms with Crippen molar-refractivity contribution in [2.75, 3.05) is 26.2 Å². The van der Waals surface area contributed by atoms with Gasteiger partial charge in [-0.3, -0.25) is 14.7 Å². The van der Waals surface area contributed by atoms with Crippen LogP contribution >= 0.6 is 11.3 Å². The second-order valence-corrected chi connectivity index (χ2v) is 6.46. The van der Waals surface area contributed by atoms with Gasteiger partial charge in [-0.2, -0.15) is 5.26 Å². The Morgan fingerprint density at radius 2 is 2.13 bits per heavy atom. The van der Waals surface area contributed by atoms with Crippen LogP contribution in [0.25, 0.3) is 0 Å². The Morgan fingerprint density at radius 1 is 1.35 bits per heavy atom. The molecule has 0 saturated carbocycles. The normalized spacial score (nSPS) is 16.8. The Bertz CT molecular complexity index is 716. The first-order chi connectivity index (χ1) is 11.2. The number of piperazine rings is 1. The van der Waals surface area contributed by atoms with E-state index >= 15 is 0 Å². The van der Waals surface area contributed by atoms with Gasteiger partial charge in [-0.25, -0.2) is 4.98 Å². The van der Waals surface area contributed by atoms with Crippen molar-refractivity contribution >= 4 is 17.2 Å². The van der Waals surface area contributed by atoms with Gasteiger partial charge in [0.1, 0.15) is 10.9 Å². The van der Waals surface area contributed by atoms with Crippen LogP contribution in [0, 0.1) is 11.3 Å². The van der Waals surface area contributed by atoms with E-state index in [1.807, 2.05) is 23.2 Å². The lowest BCUT2D eigenvalue weighted by Crippen LogP contribution is -2.49. The third kappa shape index (κ3) is 3.38. The van der Waals surface area contributed by atoms with Crippen LogP contribution in [0.15, 0.2) is 30.7 Å². The highest BCUT2D eigenvalue weighted by Crippen LogP contribution is 2.22. The number of carbonyl (C=O) groups excluding carboxylic acids is 1. The van der Waals surface area contributed by atoms with Crippen LogP contribution in [0.3, 0.4) is 0 Å². The van der Waals surface area contributed by atoms with Crippen LogP contribution in [-0.2, 0) is 0 Å². The van der Waals surface area contributed by atoms with E-state index in [9.17, 15) is 4.79 Å². The van der Waals surface area contributed by atoms with Gasteiger partial charge in [-0.15, -0.1) is 0 Å². The minimum Gasteiger partial charge on any atom is -0.335 e. The van der Waals surface area contributed by atoms with Gasteiger partial charge in [-0.05, 0) is 18.6 Å². The topological polar surface area (TPSA) is 73.1 Å². The molecule has 7 heteroatoms. The first kappa shape index (κ1) is 15.6. The van der Waals surface area contributed by atoms with Gasteiger partial charge < -0.3 is 4.90 Å². The van der Waals surface area contributed by atoms with E-state index in [4.69, 9.17) is 5.26 Å². The van der Waals surface area contributed by atoms with E-state index in [1.165, 1.54) is 11.8 Å². The molecule has 0 aromatic carbocycles. The van der Waals surface area contributed by atoms with E-state index in [-0.39, 0.29) is 11.9 Å². The lowest BCUT2D eigenvalue weighted by molar-refractivity contribution is 0.0586. The predicted molar refractivity (Wildman–Crippen MR) is 87.0 cm³/mol. The molecule has 0 bridgehead atoms. The standard InChI is InChI=1S/C16H17N5OS/c1-12(13-3-2-4-18-10-13)20-5-7-21(8-6-20)16(22)14-11-19-15(9-17)23-14/h2-4,10-12H,5-8H2,1H3. The number of aromatic nitrogens is 2. The summed E-state index contributed by atoms with van der Waals surface area (Å²) in [6.07, 6.45) is 5.16. The van der Waals surface area contributed by atoms with E-state index in [1.54, 1.807) is 6.20 Å². The number of rotatable bonds is 3. The summed E-state index contributed by atoms with van der Waals surface area (Å²) in [6.45, 7) is 5.18. The summed E-state index contributed by atoms with van der Waals surface area (Å²) in [5.41, 5.74) is 1.19. The molecular weight excluding hydrogens is 310 g/mol. The summed E-state index contributed by atoms with van der Waals surface area (Å²) in [7, 11) is 0. The van der Waals surface area contributed by atoms with Gasteiger partial charge in [-0.1, -0.05) is 17.4 Å². The first-order valence-electron chi connectivity index (χ1n) is 7.48. The second-order valence-electron chi connectivity index (χ2n) is 5.43. The van der Waals surface area contributed by atoms with Crippen molar-refractivity contribution < 1.29 is 4.79 Å². The minimum atomic E-state index is -0.0299. The lowest BCUT2D eigenvalue weighted by Gasteiger charge is -2.37. The molecule has 6 nitrogen and oxygen atoms in total. The maximum Gasteiger partial charge on any atom is 0.265 e. The minimum absolute atomic E-state index is 0.0299. The van der Waals surface area contributed by atoms with Crippen LogP contribution in [0.4, 0.5) is 0 Å². The van der Waals surface area contributed by atoms with Crippen molar-refractivity contribution in [3.63, 3.8) is 0 Å². The van der Waals surface area contributed by atoms with Crippen molar-refractivity contribution in [2.45, 2.75) is 13.0 Å². The van der Waals surface area contributed by atoms with Gasteiger partial charge in [0.05, 0.1) is 6.20 Å². The molecule has 23 heavy (non-hydrogen) atoms. The van der Waals surface area contributed by atoms with Crippen molar-refractivity contribution in [2.24, 2.45) is 0 Å². The monoisotopic (exact) mass is 327 g/mol. The van der Waals surface area contributed by atoms with E-state index in [2.05, 4.69) is 27.9 Å². The van der Waals surface area contributed by atoms with Gasteiger partial charge in [0.15, 0.2) is 5.01 Å². The zero-order valence-electron chi connectivity index (χ0n) is 12.8. The van der Waals surface area contributed by atoms with Crippen LogP contribution in [0.5, 0.6) is 0 Å². The summed E-state index contributed by atoms with van der Waals surface area (Å²) in [5.74, 6) is -0.0299. The Balaban J connectivity index is 1.60. The molecule has 0 N–H and O–H groups in total. The Hall–Kier alpha value is -2.30. The molecule has 1 fully saturated rings. The second kappa shape index (κ2) is 6.86. The number of thiazole rings is 1. The van der Waals surface area contributed by atoms with Gasteiger partial charge in [0.25, 0.3) is 5.91 Å². The van der Waals surface area contributed by atoms with Crippen LogP contribution in [-0.4, -0.2) is 51.9 Å². The fourth-order valence-electron chi connectivity index (χ4n) is 2.73. The Labute approximate surface area is 139 Å². The molecule has 3 heterocycles. The number of carbonyl (C=O) groups is 1. The Morgan fingerprint density at radius 3 is 2.74 bits per heavy atom. The largest absolute Gasteiger partial charge is 0.335 e.